The van der Waals surface area contributed by atoms with E-state index in [1.807, 2.05) is 12.1 Å². The number of carbonyl (C=O) groups is 1. The predicted molar refractivity (Wildman–Crippen MR) is 71.3 cm³/mol. The maximum Gasteiger partial charge on any atom is 0.250 e. The molecular weight excluding hydrogens is 244 g/mol. The van der Waals surface area contributed by atoms with Crippen LogP contribution in [0.4, 0.5) is 0 Å². The van der Waals surface area contributed by atoms with Crippen LogP contribution in [0.3, 0.4) is 0 Å². The quantitative estimate of drug-likeness (QED) is 0.908. The Kier molecular flexibility index (Phi) is 3.66. The van der Waals surface area contributed by atoms with E-state index >= 15 is 0 Å². The van der Waals surface area contributed by atoms with Crippen molar-refractivity contribution < 1.29 is 14.3 Å². The Hall–Kier alpha value is -2.56. The molecule has 5 nitrogen and oxygen atoms in total. The third-order valence-corrected chi connectivity index (χ3v) is 2.73. The first kappa shape index (κ1) is 12.9. The summed E-state index contributed by atoms with van der Waals surface area (Å²) in [6.45, 7) is 0. The van der Waals surface area contributed by atoms with Gasteiger partial charge in [0.2, 0.25) is 5.91 Å². The highest BCUT2D eigenvalue weighted by Gasteiger charge is 2.12. The average molecular weight is 258 g/mol. The molecule has 2 aromatic rings. The number of hydrogen-bond acceptors (Lipinski definition) is 4. The van der Waals surface area contributed by atoms with Crippen LogP contribution in [-0.2, 0) is 0 Å². The monoisotopic (exact) mass is 258 g/mol. The van der Waals surface area contributed by atoms with Crippen molar-refractivity contribution in [3.8, 4) is 22.8 Å². The number of benzene rings is 1. The number of ether oxygens (including phenoxy) is 2. The first-order valence-electron chi connectivity index (χ1n) is 5.64. The fourth-order valence-electron chi connectivity index (χ4n) is 1.79. The van der Waals surface area contributed by atoms with Gasteiger partial charge in [0.1, 0.15) is 0 Å². The van der Waals surface area contributed by atoms with Crippen LogP contribution in [-0.4, -0.2) is 25.1 Å². The molecule has 98 valence electrons. The van der Waals surface area contributed by atoms with Crippen molar-refractivity contribution in [3.63, 3.8) is 0 Å². The van der Waals surface area contributed by atoms with E-state index in [2.05, 4.69) is 4.98 Å². The van der Waals surface area contributed by atoms with Gasteiger partial charge in [-0.2, -0.15) is 0 Å². The van der Waals surface area contributed by atoms with Gasteiger partial charge in [0.15, 0.2) is 11.5 Å². The van der Waals surface area contributed by atoms with E-state index in [1.165, 1.54) is 6.20 Å². The van der Waals surface area contributed by atoms with Crippen molar-refractivity contribution in [2.75, 3.05) is 14.2 Å². The molecule has 1 aromatic carbocycles. The lowest BCUT2D eigenvalue weighted by Crippen LogP contribution is -2.11. The van der Waals surface area contributed by atoms with Crippen molar-refractivity contribution in [1.82, 2.24) is 4.98 Å². The van der Waals surface area contributed by atoms with Crippen molar-refractivity contribution in [2.45, 2.75) is 0 Å². The molecule has 1 amide bonds. The van der Waals surface area contributed by atoms with Crippen LogP contribution >= 0.6 is 0 Å². The SMILES string of the molecule is COc1cccc(-c2ccc(C(N)=O)cn2)c1OC. The van der Waals surface area contributed by atoms with Gasteiger partial charge in [-0.05, 0) is 24.3 Å². The smallest absolute Gasteiger partial charge is 0.250 e. The lowest BCUT2D eigenvalue weighted by molar-refractivity contribution is 0.1000. The van der Waals surface area contributed by atoms with E-state index < -0.39 is 5.91 Å². The minimum atomic E-state index is -0.503. The molecule has 1 aromatic heterocycles. The topological polar surface area (TPSA) is 74.4 Å². The number of nitrogens with zero attached hydrogens (tertiary/aromatic N) is 1. The highest BCUT2D eigenvalue weighted by atomic mass is 16.5. The lowest BCUT2D eigenvalue weighted by Gasteiger charge is -2.12. The van der Waals surface area contributed by atoms with Crippen LogP contribution in [0, 0.1) is 0 Å². The van der Waals surface area contributed by atoms with E-state index in [0.717, 1.165) is 5.56 Å². The number of para-hydroxylation sites is 1. The van der Waals surface area contributed by atoms with Crippen molar-refractivity contribution in [1.29, 1.82) is 0 Å². The number of hydrogen-bond donors (Lipinski definition) is 1. The molecule has 0 saturated carbocycles. The number of carbonyl (C=O) groups excluding carboxylic acids is 1. The van der Waals surface area contributed by atoms with Crippen LogP contribution in [0.15, 0.2) is 36.5 Å². The first-order valence-corrected chi connectivity index (χ1v) is 5.64. The zero-order chi connectivity index (χ0) is 13.8. The molecular formula is C14H14N2O3. The highest BCUT2D eigenvalue weighted by Crippen LogP contribution is 2.36. The molecule has 0 aliphatic carbocycles. The Morgan fingerprint density at radius 2 is 1.95 bits per heavy atom. The van der Waals surface area contributed by atoms with Crippen molar-refractivity contribution in [2.24, 2.45) is 5.73 Å². The summed E-state index contributed by atoms with van der Waals surface area (Å²) in [6.07, 6.45) is 1.44. The molecule has 0 spiro atoms. The molecule has 0 bridgehead atoms. The number of primary amides is 1. The van der Waals surface area contributed by atoms with Gasteiger partial charge in [0, 0.05) is 11.8 Å². The lowest BCUT2D eigenvalue weighted by atomic mass is 10.1. The maximum atomic E-state index is 11.0. The Bertz CT molecular complexity index is 594. The Morgan fingerprint density at radius 3 is 2.47 bits per heavy atom. The summed E-state index contributed by atoms with van der Waals surface area (Å²) in [5.74, 6) is 0.724. The van der Waals surface area contributed by atoms with E-state index in [4.69, 9.17) is 15.2 Å². The standard InChI is InChI=1S/C14H14N2O3/c1-18-12-5-3-4-10(13(12)19-2)11-7-6-9(8-16-11)14(15)17/h3-8H,1-2H3,(H2,15,17). The van der Waals surface area contributed by atoms with Crippen LogP contribution in [0.25, 0.3) is 11.3 Å². The largest absolute Gasteiger partial charge is 0.493 e. The molecule has 2 rings (SSSR count). The number of nitrogens with two attached hydrogens (primary N) is 1. The predicted octanol–water partition coefficient (Wildman–Crippen LogP) is 1.86. The Morgan fingerprint density at radius 1 is 1.16 bits per heavy atom. The van der Waals surface area contributed by atoms with Gasteiger partial charge < -0.3 is 15.2 Å². The molecule has 2 N–H and O–H groups in total. The number of methoxy groups -OCH3 is 2. The van der Waals surface area contributed by atoms with Crippen molar-refractivity contribution in [3.05, 3.63) is 42.1 Å². The van der Waals surface area contributed by atoms with Crippen LogP contribution < -0.4 is 15.2 Å². The number of pyridine rings is 1. The minimum Gasteiger partial charge on any atom is -0.493 e. The van der Waals surface area contributed by atoms with E-state index in [1.54, 1.807) is 32.4 Å². The number of rotatable bonds is 4. The molecule has 5 heteroatoms. The van der Waals surface area contributed by atoms with E-state index in [9.17, 15) is 4.79 Å². The van der Waals surface area contributed by atoms with Gasteiger partial charge in [0.05, 0.1) is 25.5 Å². The fraction of sp³-hybridized carbons (Fsp3) is 0.143. The summed E-state index contributed by atoms with van der Waals surface area (Å²) in [5, 5.41) is 0. The molecule has 0 radical (unpaired) electrons. The van der Waals surface area contributed by atoms with Crippen molar-refractivity contribution >= 4 is 5.91 Å². The third-order valence-electron chi connectivity index (χ3n) is 2.73. The Labute approximate surface area is 111 Å². The van der Waals surface area contributed by atoms with Gasteiger partial charge in [0.25, 0.3) is 0 Å². The molecule has 0 aliphatic rings. The summed E-state index contributed by atoms with van der Waals surface area (Å²) >= 11 is 0. The van der Waals surface area contributed by atoms with Crippen LogP contribution in [0.1, 0.15) is 10.4 Å². The molecule has 0 saturated heterocycles. The van der Waals surface area contributed by atoms with E-state index in [0.29, 0.717) is 22.8 Å². The summed E-state index contributed by atoms with van der Waals surface area (Å²) in [4.78, 5) is 15.2. The second kappa shape index (κ2) is 5.39. The second-order valence-corrected chi connectivity index (χ2v) is 3.84. The molecule has 1 heterocycles. The highest BCUT2D eigenvalue weighted by molar-refractivity contribution is 5.92. The second-order valence-electron chi connectivity index (χ2n) is 3.84. The van der Waals surface area contributed by atoms with Crippen LogP contribution in [0.5, 0.6) is 11.5 Å². The summed E-state index contributed by atoms with van der Waals surface area (Å²) in [5.41, 5.74) is 7.02. The van der Waals surface area contributed by atoms with E-state index in [-0.39, 0.29) is 0 Å². The fourth-order valence-corrected chi connectivity index (χ4v) is 1.79. The number of amides is 1. The maximum absolute atomic E-state index is 11.0. The average Bonchev–Trinajstić information content (AvgIpc) is 2.46. The van der Waals surface area contributed by atoms with Gasteiger partial charge >= 0.3 is 0 Å². The number of aromatic nitrogens is 1. The van der Waals surface area contributed by atoms with Gasteiger partial charge in [-0.25, -0.2) is 0 Å². The summed E-state index contributed by atoms with van der Waals surface area (Å²) < 4.78 is 10.6. The summed E-state index contributed by atoms with van der Waals surface area (Å²) in [7, 11) is 3.14. The van der Waals surface area contributed by atoms with Crippen LogP contribution in [0.2, 0.25) is 0 Å². The normalized spacial score (nSPS) is 10.0. The third kappa shape index (κ3) is 2.49. The molecule has 19 heavy (non-hydrogen) atoms. The molecule has 0 fully saturated rings. The zero-order valence-electron chi connectivity index (χ0n) is 10.7. The van der Waals surface area contributed by atoms with Gasteiger partial charge in [-0.1, -0.05) is 6.07 Å². The van der Waals surface area contributed by atoms with Gasteiger partial charge in [-0.15, -0.1) is 0 Å². The first-order chi connectivity index (χ1) is 9.17. The van der Waals surface area contributed by atoms with Gasteiger partial charge in [-0.3, -0.25) is 9.78 Å². The minimum absolute atomic E-state index is 0.366. The zero-order valence-corrected chi connectivity index (χ0v) is 10.7. The Balaban J connectivity index is 2.49. The molecule has 0 aliphatic heterocycles. The molecule has 0 atom stereocenters. The molecule has 0 unspecified atom stereocenters. The summed E-state index contributed by atoms with van der Waals surface area (Å²) in [6, 6.07) is 8.87.